The molecule has 0 spiro atoms. The fourth-order valence-corrected chi connectivity index (χ4v) is 4.77. The predicted molar refractivity (Wildman–Crippen MR) is 122 cm³/mol. The largest absolute Gasteiger partial charge is 0.308 e. The molecule has 0 saturated heterocycles. The van der Waals surface area contributed by atoms with E-state index >= 15 is 0 Å². The average molecular weight is 442 g/mol. The van der Waals surface area contributed by atoms with E-state index in [2.05, 4.69) is 76.6 Å². The van der Waals surface area contributed by atoms with Gasteiger partial charge in [0.15, 0.2) is 0 Å². The zero-order valence-electron chi connectivity index (χ0n) is 15.9. The Balaban J connectivity index is 1.70. The first-order valence-electron chi connectivity index (χ1n) is 9.82. The molecule has 1 aliphatic rings. The summed E-state index contributed by atoms with van der Waals surface area (Å²) in [6.45, 7) is 0.593. The minimum atomic E-state index is 0.0492. The standard InChI is InChI=1S/C26H20BrNO/c27-21-11-6-10-20(15-21)23-16-25(29)28(17-18-7-2-1-3-8-18)24-14-13-19-9-4-5-12-22(19)26(23)24/h1-15,23H,16-17H2. The number of hydrogen-bond donors (Lipinski definition) is 0. The molecule has 2 nitrogen and oxygen atoms in total. The van der Waals surface area contributed by atoms with Crippen LogP contribution in [0, 0.1) is 0 Å². The fraction of sp³-hybridized carbons (Fsp3) is 0.115. The third-order valence-corrected chi connectivity index (χ3v) is 6.19. The molecule has 3 heteroatoms. The second-order valence-electron chi connectivity index (χ2n) is 7.50. The molecule has 1 aliphatic heterocycles. The second-order valence-corrected chi connectivity index (χ2v) is 8.41. The van der Waals surface area contributed by atoms with Crippen molar-refractivity contribution < 1.29 is 4.79 Å². The van der Waals surface area contributed by atoms with Gasteiger partial charge in [0.1, 0.15) is 0 Å². The van der Waals surface area contributed by atoms with Crippen molar-refractivity contribution in [1.82, 2.24) is 0 Å². The van der Waals surface area contributed by atoms with Gasteiger partial charge in [0.05, 0.1) is 6.54 Å². The van der Waals surface area contributed by atoms with Crippen molar-refractivity contribution >= 4 is 38.3 Å². The minimum Gasteiger partial charge on any atom is -0.308 e. The molecule has 0 radical (unpaired) electrons. The van der Waals surface area contributed by atoms with E-state index < -0.39 is 0 Å². The van der Waals surface area contributed by atoms with Gasteiger partial charge in [-0.25, -0.2) is 0 Å². The van der Waals surface area contributed by atoms with Crippen LogP contribution in [-0.2, 0) is 11.3 Å². The van der Waals surface area contributed by atoms with Gasteiger partial charge >= 0.3 is 0 Å². The van der Waals surface area contributed by atoms with Gasteiger partial charge in [0.2, 0.25) is 5.91 Å². The smallest absolute Gasteiger partial charge is 0.228 e. The maximum atomic E-state index is 13.3. The average Bonchev–Trinajstić information content (AvgIpc) is 2.76. The summed E-state index contributed by atoms with van der Waals surface area (Å²) in [6.07, 6.45) is 0.476. The van der Waals surface area contributed by atoms with E-state index in [4.69, 9.17) is 0 Å². The third kappa shape index (κ3) is 3.36. The van der Waals surface area contributed by atoms with Crippen LogP contribution in [0.1, 0.15) is 29.0 Å². The van der Waals surface area contributed by atoms with Crippen LogP contribution >= 0.6 is 15.9 Å². The summed E-state index contributed by atoms with van der Waals surface area (Å²) in [4.78, 5) is 15.2. The highest BCUT2D eigenvalue weighted by molar-refractivity contribution is 9.10. The third-order valence-electron chi connectivity index (χ3n) is 5.70. The summed E-state index contributed by atoms with van der Waals surface area (Å²) < 4.78 is 1.04. The molecule has 1 atom stereocenters. The van der Waals surface area contributed by atoms with Gasteiger partial charge in [-0.3, -0.25) is 4.79 Å². The molecule has 1 unspecified atom stereocenters. The van der Waals surface area contributed by atoms with Crippen LogP contribution in [0.2, 0.25) is 0 Å². The summed E-state index contributed by atoms with van der Waals surface area (Å²) in [5.74, 6) is 0.217. The van der Waals surface area contributed by atoms with Crippen molar-refractivity contribution in [3.63, 3.8) is 0 Å². The number of carbonyl (C=O) groups excluding carboxylic acids is 1. The Morgan fingerprint density at radius 1 is 0.862 bits per heavy atom. The van der Waals surface area contributed by atoms with E-state index in [1.54, 1.807) is 0 Å². The van der Waals surface area contributed by atoms with Crippen LogP contribution in [0.15, 0.2) is 95.5 Å². The van der Waals surface area contributed by atoms with Gasteiger partial charge < -0.3 is 4.90 Å². The second kappa shape index (κ2) is 7.49. The lowest BCUT2D eigenvalue weighted by molar-refractivity contribution is -0.119. The Morgan fingerprint density at radius 2 is 1.66 bits per heavy atom. The molecule has 4 aromatic rings. The summed E-state index contributed by atoms with van der Waals surface area (Å²) in [7, 11) is 0. The molecular weight excluding hydrogens is 422 g/mol. The monoisotopic (exact) mass is 441 g/mol. The van der Waals surface area contributed by atoms with Gasteiger partial charge in [-0.2, -0.15) is 0 Å². The number of rotatable bonds is 3. The van der Waals surface area contributed by atoms with Crippen LogP contribution in [0.5, 0.6) is 0 Å². The number of fused-ring (bicyclic) bond motifs is 3. The van der Waals surface area contributed by atoms with E-state index in [1.165, 1.54) is 21.9 Å². The SMILES string of the molecule is O=C1CC(c2cccc(Br)c2)c2c(ccc3ccccc23)N1Cc1ccccc1. The fourth-order valence-electron chi connectivity index (χ4n) is 4.35. The van der Waals surface area contributed by atoms with Crippen molar-refractivity contribution in [1.29, 1.82) is 0 Å². The number of carbonyl (C=O) groups is 1. The van der Waals surface area contributed by atoms with Gasteiger partial charge in [0.25, 0.3) is 0 Å². The van der Waals surface area contributed by atoms with Crippen molar-refractivity contribution in [3.8, 4) is 0 Å². The van der Waals surface area contributed by atoms with Crippen LogP contribution in [0.3, 0.4) is 0 Å². The first-order valence-corrected chi connectivity index (χ1v) is 10.6. The zero-order valence-corrected chi connectivity index (χ0v) is 17.5. The normalized spacial score (nSPS) is 16.1. The molecule has 4 aromatic carbocycles. The van der Waals surface area contributed by atoms with Crippen molar-refractivity contribution in [2.75, 3.05) is 4.90 Å². The number of benzene rings is 4. The lowest BCUT2D eigenvalue weighted by Gasteiger charge is -2.35. The summed E-state index contributed by atoms with van der Waals surface area (Å²) in [5, 5.41) is 2.43. The number of amides is 1. The highest BCUT2D eigenvalue weighted by Crippen LogP contribution is 2.44. The molecule has 0 aromatic heterocycles. The first-order chi connectivity index (χ1) is 14.2. The van der Waals surface area contributed by atoms with Gasteiger partial charge in [0, 0.05) is 22.5 Å². The number of nitrogens with zero attached hydrogens (tertiary/aromatic N) is 1. The lowest BCUT2D eigenvalue weighted by atomic mass is 9.81. The van der Waals surface area contributed by atoms with Crippen molar-refractivity contribution in [2.45, 2.75) is 18.9 Å². The van der Waals surface area contributed by atoms with Crippen LogP contribution in [-0.4, -0.2) is 5.91 Å². The van der Waals surface area contributed by atoms with Gasteiger partial charge in [-0.05, 0) is 45.7 Å². The predicted octanol–water partition coefficient (Wildman–Crippen LogP) is 6.67. The Morgan fingerprint density at radius 3 is 2.48 bits per heavy atom. The van der Waals surface area contributed by atoms with E-state index in [0.717, 1.165) is 15.7 Å². The Labute approximate surface area is 178 Å². The van der Waals surface area contributed by atoms with Crippen molar-refractivity contribution in [2.24, 2.45) is 0 Å². The van der Waals surface area contributed by atoms with Gasteiger partial charge in [-0.15, -0.1) is 0 Å². The molecule has 0 bridgehead atoms. The topological polar surface area (TPSA) is 20.3 Å². The quantitative estimate of drug-likeness (QED) is 0.347. The zero-order chi connectivity index (χ0) is 19.8. The van der Waals surface area contributed by atoms with Crippen molar-refractivity contribution in [3.05, 3.63) is 112 Å². The molecule has 5 rings (SSSR count). The Bertz CT molecular complexity index is 1200. The molecule has 0 saturated carbocycles. The molecule has 0 N–H and O–H groups in total. The highest BCUT2D eigenvalue weighted by Gasteiger charge is 2.33. The van der Waals surface area contributed by atoms with E-state index in [9.17, 15) is 4.79 Å². The molecule has 29 heavy (non-hydrogen) atoms. The minimum absolute atomic E-state index is 0.0492. The first kappa shape index (κ1) is 18.1. The Kier molecular flexibility index (Phi) is 4.69. The number of anilines is 1. The van der Waals surface area contributed by atoms with Crippen LogP contribution in [0.4, 0.5) is 5.69 Å². The molecule has 0 aliphatic carbocycles. The number of halogens is 1. The van der Waals surface area contributed by atoms with Crippen LogP contribution < -0.4 is 4.90 Å². The summed E-state index contributed by atoms with van der Waals surface area (Å²) in [5.41, 5.74) is 4.58. The van der Waals surface area contributed by atoms with Gasteiger partial charge in [-0.1, -0.05) is 88.7 Å². The van der Waals surface area contributed by atoms with Crippen LogP contribution in [0.25, 0.3) is 10.8 Å². The lowest BCUT2D eigenvalue weighted by Crippen LogP contribution is -2.36. The highest BCUT2D eigenvalue weighted by atomic mass is 79.9. The van der Waals surface area contributed by atoms with E-state index in [1.807, 2.05) is 35.2 Å². The number of hydrogen-bond acceptors (Lipinski definition) is 1. The molecule has 1 amide bonds. The summed E-state index contributed by atoms with van der Waals surface area (Å²) in [6, 6.07) is 31.3. The molecule has 1 heterocycles. The van der Waals surface area contributed by atoms with E-state index in [0.29, 0.717) is 13.0 Å². The van der Waals surface area contributed by atoms with E-state index in [-0.39, 0.29) is 11.8 Å². The molecular formula is C26H20BrNO. The summed E-state index contributed by atoms with van der Waals surface area (Å²) >= 11 is 3.59. The maximum Gasteiger partial charge on any atom is 0.228 e. The maximum absolute atomic E-state index is 13.3. The molecule has 0 fully saturated rings. The Hall–Kier alpha value is -2.91. The molecule has 142 valence electrons.